The Hall–Kier alpha value is -0.980. The number of unbranched alkanes of at least 4 members (excludes halogenated alkanes) is 1. The topological polar surface area (TPSA) is 52.6 Å². The van der Waals surface area contributed by atoms with Crippen LogP contribution in [0.3, 0.4) is 0 Å². The summed E-state index contributed by atoms with van der Waals surface area (Å²) in [4.78, 5) is 23.6. The fraction of sp³-hybridized carbons (Fsp3) is 0.462. The second-order valence-electron chi connectivity index (χ2n) is 3.57. The van der Waals surface area contributed by atoms with Crippen molar-refractivity contribution in [3.63, 3.8) is 0 Å². The molecule has 1 heterocycles. The minimum atomic E-state index is -0.462. The molecular formula is C13H17IO4. The third-order valence-electron chi connectivity index (χ3n) is 2.21. The van der Waals surface area contributed by atoms with Gasteiger partial charge in [0.2, 0.25) is 0 Å². The van der Waals surface area contributed by atoms with Crippen LogP contribution in [0.15, 0.2) is 21.3 Å². The Bertz CT molecular complexity index is 407. The van der Waals surface area contributed by atoms with Gasteiger partial charge in [-0.05, 0) is 27.5 Å². The Morgan fingerprint density at radius 2 is 1.89 bits per heavy atom. The number of hydrogen-bond acceptors (Lipinski definition) is 4. The zero-order valence-corrected chi connectivity index (χ0v) is 12.7. The molecule has 5 heteroatoms. The van der Waals surface area contributed by atoms with Gasteiger partial charge >= 0.3 is 11.9 Å². The second kappa shape index (κ2) is 8.18. The summed E-state index contributed by atoms with van der Waals surface area (Å²) in [5.41, 5.74) is 0.671. The van der Waals surface area contributed by atoms with Crippen molar-refractivity contribution < 1.29 is 19.1 Å². The van der Waals surface area contributed by atoms with Crippen molar-refractivity contribution in [3.05, 3.63) is 21.3 Å². The first-order valence-electron chi connectivity index (χ1n) is 5.91. The van der Waals surface area contributed by atoms with Gasteiger partial charge in [0, 0.05) is 0 Å². The van der Waals surface area contributed by atoms with Crippen LogP contribution in [-0.4, -0.2) is 29.2 Å². The van der Waals surface area contributed by atoms with Crippen LogP contribution in [0, 0.1) is 0 Å². The lowest BCUT2D eigenvalue weighted by molar-refractivity contribution is -0.141. The smallest absolute Gasteiger partial charge is 0.339 e. The summed E-state index contributed by atoms with van der Waals surface area (Å²) in [6, 6.07) is 0. The van der Waals surface area contributed by atoms with E-state index in [9.17, 15) is 9.59 Å². The van der Waals surface area contributed by atoms with Crippen molar-refractivity contribution >= 4 is 36.7 Å². The minimum Gasteiger partial charge on any atom is -0.462 e. The number of esters is 2. The average Bonchev–Trinajstić information content (AvgIpc) is 2.39. The second-order valence-corrected chi connectivity index (χ2v) is 5.63. The predicted molar refractivity (Wildman–Crippen MR) is 78.8 cm³/mol. The maximum atomic E-state index is 11.9. The zero-order valence-electron chi connectivity index (χ0n) is 10.6. The summed E-state index contributed by atoms with van der Waals surface area (Å²) in [7, 11) is 0. The first kappa shape index (κ1) is 15.1. The molecule has 4 nitrogen and oxygen atoms in total. The van der Waals surface area contributed by atoms with E-state index >= 15 is 0 Å². The standard InChI is InChI=1S/C13H17IO4/c1-3-5-8-18-13(16)11-9-14-7-6-10(11)12(15)17-4-2/h6-7,9H,3-5,8H2,1-2H3. The van der Waals surface area contributed by atoms with Crippen molar-refractivity contribution in [2.24, 2.45) is 0 Å². The summed E-state index contributed by atoms with van der Waals surface area (Å²) in [5, 5.41) is 0. The van der Waals surface area contributed by atoms with Crippen molar-refractivity contribution in [3.8, 4) is 0 Å². The third kappa shape index (κ3) is 4.36. The van der Waals surface area contributed by atoms with Gasteiger partial charge < -0.3 is 9.47 Å². The Labute approximate surface area is 117 Å². The van der Waals surface area contributed by atoms with Gasteiger partial charge in [0.15, 0.2) is 0 Å². The van der Waals surface area contributed by atoms with Gasteiger partial charge in [0.25, 0.3) is 0 Å². The summed E-state index contributed by atoms with van der Waals surface area (Å²) in [6.45, 7) is 4.45. The molecule has 1 rings (SSSR count). The van der Waals surface area contributed by atoms with Crippen molar-refractivity contribution in [1.82, 2.24) is 0 Å². The van der Waals surface area contributed by atoms with Gasteiger partial charge in [0.05, 0.1) is 24.4 Å². The monoisotopic (exact) mass is 364 g/mol. The highest BCUT2D eigenvalue weighted by Crippen LogP contribution is 2.19. The number of halogens is 1. The molecule has 18 heavy (non-hydrogen) atoms. The fourth-order valence-corrected chi connectivity index (χ4v) is 3.00. The highest BCUT2D eigenvalue weighted by atomic mass is 127. The highest BCUT2D eigenvalue weighted by molar-refractivity contribution is 14.2. The van der Waals surface area contributed by atoms with E-state index < -0.39 is 11.9 Å². The minimum absolute atomic E-state index is 0.295. The summed E-state index contributed by atoms with van der Waals surface area (Å²) in [5.74, 6) is -0.883. The predicted octanol–water partition coefficient (Wildman–Crippen LogP) is 2.49. The Morgan fingerprint density at radius 3 is 2.56 bits per heavy atom. The highest BCUT2D eigenvalue weighted by Gasteiger charge is 2.20. The number of carbonyl (C=O) groups is 2. The quantitative estimate of drug-likeness (QED) is 0.413. The Kier molecular flexibility index (Phi) is 6.85. The van der Waals surface area contributed by atoms with Crippen LogP contribution >= 0.6 is 20.7 Å². The van der Waals surface area contributed by atoms with Gasteiger partial charge in [0.1, 0.15) is 0 Å². The first-order chi connectivity index (χ1) is 8.70. The van der Waals surface area contributed by atoms with E-state index in [1.807, 2.05) is 11.0 Å². The van der Waals surface area contributed by atoms with Crippen LogP contribution in [-0.2, 0) is 19.1 Å². The lowest BCUT2D eigenvalue weighted by Gasteiger charge is -2.10. The molecule has 1 aliphatic heterocycles. The van der Waals surface area contributed by atoms with E-state index in [1.54, 1.807) is 17.0 Å². The van der Waals surface area contributed by atoms with Crippen molar-refractivity contribution in [2.75, 3.05) is 13.2 Å². The van der Waals surface area contributed by atoms with E-state index in [0.717, 1.165) is 12.8 Å². The normalized spacial score (nSPS) is 14.1. The van der Waals surface area contributed by atoms with Crippen LogP contribution in [0.2, 0.25) is 0 Å². The maximum absolute atomic E-state index is 11.9. The molecule has 0 bridgehead atoms. The van der Waals surface area contributed by atoms with E-state index in [-0.39, 0.29) is 20.7 Å². The molecule has 0 amide bonds. The van der Waals surface area contributed by atoms with Crippen LogP contribution < -0.4 is 0 Å². The molecular weight excluding hydrogens is 347 g/mol. The van der Waals surface area contributed by atoms with Crippen LogP contribution in [0.5, 0.6) is 0 Å². The molecule has 0 aromatic heterocycles. The van der Waals surface area contributed by atoms with Crippen LogP contribution in [0.4, 0.5) is 0 Å². The summed E-state index contributed by atoms with van der Waals surface area (Å²) in [6.07, 6.45) is 3.47. The third-order valence-corrected chi connectivity index (χ3v) is 3.97. The molecule has 1 aliphatic rings. The molecule has 0 radical (unpaired) electrons. The zero-order chi connectivity index (χ0) is 13.4. The summed E-state index contributed by atoms with van der Waals surface area (Å²) < 4.78 is 13.8. The number of hydrogen-bond donors (Lipinski definition) is 0. The molecule has 0 unspecified atom stereocenters. The number of carbonyl (C=O) groups excluding carboxylic acids is 2. The maximum Gasteiger partial charge on any atom is 0.339 e. The largest absolute Gasteiger partial charge is 0.462 e. The molecule has 0 spiro atoms. The fourth-order valence-electron chi connectivity index (χ4n) is 1.28. The van der Waals surface area contributed by atoms with Gasteiger partial charge in [-0.3, -0.25) is 0 Å². The van der Waals surface area contributed by atoms with Crippen LogP contribution in [0.25, 0.3) is 0 Å². The molecule has 0 aromatic carbocycles. The Balaban J connectivity index is 2.80. The molecule has 0 aromatic rings. The molecule has 0 aliphatic carbocycles. The molecule has 0 saturated heterocycles. The average molecular weight is 364 g/mol. The number of ether oxygens (including phenoxy) is 2. The SMILES string of the molecule is CCCCOC(=O)C1=C(C(=O)OCC)C=CI=C1. The van der Waals surface area contributed by atoms with Gasteiger partial charge in [-0.2, -0.15) is 0 Å². The Morgan fingerprint density at radius 1 is 1.17 bits per heavy atom. The van der Waals surface area contributed by atoms with E-state index in [2.05, 4.69) is 0 Å². The molecule has 0 fully saturated rings. The van der Waals surface area contributed by atoms with Crippen molar-refractivity contribution in [1.29, 1.82) is 0 Å². The molecule has 100 valence electrons. The van der Waals surface area contributed by atoms with Gasteiger partial charge in [-0.25, -0.2) is 9.59 Å². The van der Waals surface area contributed by atoms with Gasteiger partial charge in [-0.1, -0.05) is 34.1 Å². The lowest BCUT2D eigenvalue weighted by atomic mass is 10.1. The molecule has 0 saturated carbocycles. The van der Waals surface area contributed by atoms with Crippen LogP contribution in [0.1, 0.15) is 26.7 Å². The van der Waals surface area contributed by atoms with E-state index in [1.165, 1.54) is 0 Å². The van der Waals surface area contributed by atoms with Gasteiger partial charge in [-0.15, -0.1) is 0 Å². The van der Waals surface area contributed by atoms with E-state index in [4.69, 9.17) is 9.47 Å². The molecule has 0 atom stereocenters. The van der Waals surface area contributed by atoms with E-state index in [0.29, 0.717) is 24.4 Å². The van der Waals surface area contributed by atoms with Crippen molar-refractivity contribution in [2.45, 2.75) is 26.7 Å². The first-order valence-corrected chi connectivity index (χ1v) is 8.40. The summed E-state index contributed by atoms with van der Waals surface area (Å²) >= 11 is -0.313. The lowest BCUT2D eigenvalue weighted by Crippen LogP contribution is -2.17. The molecule has 0 N–H and O–H groups in total. The number of rotatable bonds is 6.